The van der Waals surface area contributed by atoms with E-state index in [9.17, 15) is 0 Å². The van der Waals surface area contributed by atoms with Gasteiger partial charge in [0, 0.05) is 5.39 Å². The van der Waals surface area contributed by atoms with E-state index in [-0.39, 0.29) is 6.04 Å². The molecule has 1 unspecified atom stereocenters. The topological polar surface area (TPSA) is 39.2 Å². The second kappa shape index (κ2) is 5.74. The van der Waals surface area contributed by atoms with Crippen molar-refractivity contribution in [1.29, 1.82) is 0 Å². The van der Waals surface area contributed by atoms with Crippen LogP contribution in [0.5, 0.6) is 0 Å². The van der Waals surface area contributed by atoms with Gasteiger partial charge >= 0.3 is 0 Å². The van der Waals surface area contributed by atoms with Gasteiger partial charge in [0.25, 0.3) is 0 Å². The minimum absolute atomic E-state index is 0.0572. The van der Waals surface area contributed by atoms with Gasteiger partial charge in [0.2, 0.25) is 0 Å². The molecule has 0 amide bonds. The molecule has 0 fully saturated rings. The van der Waals surface area contributed by atoms with Crippen LogP contribution in [-0.2, 0) is 6.42 Å². The molecule has 2 nitrogen and oxygen atoms in total. The highest BCUT2D eigenvalue weighted by molar-refractivity contribution is 5.78. The first-order valence-corrected chi connectivity index (χ1v) is 7.43. The van der Waals surface area contributed by atoms with E-state index in [1.54, 1.807) is 0 Å². The zero-order valence-electron chi connectivity index (χ0n) is 12.6. The number of aryl methyl sites for hydroxylation is 3. The molecule has 2 heteroatoms. The Labute approximate surface area is 125 Å². The van der Waals surface area contributed by atoms with E-state index in [4.69, 9.17) is 10.2 Å². The first-order chi connectivity index (χ1) is 10.1. The molecular weight excluding hydrogens is 258 g/mol. The van der Waals surface area contributed by atoms with Gasteiger partial charge in [-0.3, -0.25) is 0 Å². The minimum atomic E-state index is -0.0572. The Morgan fingerprint density at radius 2 is 1.81 bits per heavy atom. The van der Waals surface area contributed by atoms with E-state index in [1.165, 1.54) is 16.7 Å². The van der Waals surface area contributed by atoms with E-state index in [0.29, 0.717) is 0 Å². The van der Waals surface area contributed by atoms with Crippen LogP contribution >= 0.6 is 0 Å². The SMILES string of the molecule is Cc1cccc(CCC(N)c2cc3cc(C)ccc3o2)c1. The number of nitrogens with two attached hydrogens (primary N) is 1. The third-order valence-corrected chi connectivity index (χ3v) is 3.88. The zero-order valence-corrected chi connectivity index (χ0v) is 12.6. The second-order valence-corrected chi connectivity index (χ2v) is 5.82. The van der Waals surface area contributed by atoms with Crippen molar-refractivity contribution in [3.8, 4) is 0 Å². The van der Waals surface area contributed by atoms with Crippen molar-refractivity contribution in [1.82, 2.24) is 0 Å². The summed E-state index contributed by atoms with van der Waals surface area (Å²) in [5, 5.41) is 1.14. The minimum Gasteiger partial charge on any atom is -0.459 e. The molecule has 0 aliphatic carbocycles. The molecule has 2 aromatic carbocycles. The van der Waals surface area contributed by atoms with Crippen molar-refractivity contribution in [2.75, 3.05) is 0 Å². The summed E-state index contributed by atoms with van der Waals surface area (Å²) in [5.41, 5.74) is 11.1. The number of fused-ring (bicyclic) bond motifs is 1. The highest BCUT2D eigenvalue weighted by Gasteiger charge is 2.12. The van der Waals surface area contributed by atoms with E-state index in [0.717, 1.165) is 29.6 Å². The molecule has 1 aromatic heterocycles. The van der Waals surface area contributed by atoms with Gasteiger partial charge in [0.1, 0.15) is 11.3 Å². The fraction of sp³-hybridized carbons (Fsp3) is 0.263. The van der Waals surface area contributed by atoms with Gasteiger partial charge in [-0.25, -0.2) is 0 Å². The first kappa shape index (κ1) is 13.9. The van der Waals surface area contributed by atoms with Crippen LogP contribution in [0.25, 0.3) is 11.0 Å². The molecule has 1 heterocycles. The fourth-order valence-electron chi connectivity index (χ4n) is 2.70. The predicted molar refractivity (Wildman–Crippen MR) is 87.4 cm³/mol. The number of rotatable bonds is 4. The van der Waals surface area contributed by atoms with Crippen molar-refractivity contribution in [3.63, 3.8) is 0 Å². The molecule has 0 spiro atoms. The number of benzene rings is 2. The average molecular weight is 279 g/mol. The normalized spacial score (nSPS) is 12.7. The van der Waals surface area contributed by atoms with Crippen LogP contribution in [0.2, 0.25) is 0 Å². The number of furan rings is 1. The summed E-state index contributed by atoms with van der Waals surface area (Å²) < 4.78 is 5.87. The molecule has 2 N–H and O–H groups in total. The van der Waals surface area contributed by atoms with E-state index >= 15 is 0 Å². The zero-order chi connectivity index (χ0) is 14.8. The second-order valence-electron chi connectivity index (χ2n) is 5.82. The molecular formula is C19H21NO. The third kappa shape index (κ3) is 3.17. The lowest BCUT2D eigenvalue weighted by atomic mass is 10.0. The van der Waals surface area contributed by atoms with Crippen LogP contribution in [0.3, 0.4) is 0 Å². The van der Waals surface area contributed by atoms with Crippen molar-refractivity contribution in [2.24, 2.45) is 5.73 Å². The van der Waals surface area contributed by atoms with Crippen molar-refractivity contribution >= 4 is 11.0 Å². The highest BCUT2D eigenvalue weighted by atomic mass is 16.3. The quantitative estimate of drug-likeness (QED) is 0.753. The van der Waals surface area contributed by atoms with E-state index < -0.39 is 0 Å². The van der Waals surface area contributed by atoms with Crippen molar-refractivity contribution in [3.05, 3.63) is 71.0 Å². The van der Waals surface area contributed by atoms with Crippen molar-refractivity contribution in [2.45, 2.75) is 32.7 Å². The first-order valence-electron chi connectivity index (χ1n) is 7.43. The predicted octanol–water partition coefficient (Wildman–Crippen LogP) is 4.68. The summed E-state index contributed by atoms with van der Waals surface area (Å²) in [4.78, 5) is 0. The molecule has 3 aromatic rings. The van der Waals surface area contributed by atoms with Gasteiger partial charge in [-0.1, -0.05) is 41.5 Å². The summed E-state index contributed by atoms with van der Waals surface area (Å²) in [6.45, 7) is 4.20. The Morgan fingerprint density at radius 3 is 2.62 bits per heavy atom. The van der Waals surface area contributed by atoms with Crippen LogP contribution in [0, 0.1) is 13.8 Å². The number of hydrogen-bond acceptors (Lipinski definition) is 2. The molecule has 0 saturated carbocycles. The number of hydrogen-bond donors (Lipinski definition) is 1. The molecule has 0 aliphatic rings. The fourth-order valence-corrected chi connectivity index (χ4v) is 2.70. The molecule has 0 bridgehead atoms. The maximum Gasteiger partial charge on any atom is 0.134 e. The molecule has 0 aliphatic heterocycles. The lowest BCUT2D eigenvalue weighted by molar-refractivity contribution is 0.478. The van der Waals surface area contributed by atoms with E-state index in [2.05, 4.69) is 56.3 Å². The lowest BCUT2D eigenvalue weighted by Gasteiger charge is -2.08. The molecule has 3 rings (SSSR count). The van der Waals surface area contributed by atoms with Gasteiger partial charge in [0.15, 0.2) is 0 Å². The van der Waals surface area contributed by atoms with Crippen LogP contribution < -0.4 is 5.73 Å². The standard InChI is InChI=1S/C19H21NO/c1-13-4-3-5-15(10-13)7-8-17(20)19-12-16-11-14(2)6-9-18(16)21-19/h3-6,9-12,17H,7-8,20H2,1-2H3. The van der Waals surface area contributed by atoms with Crippen LogP contribution in [-0.4, -0.2) is 0 Å². The highest BCUT2D eigenvalue weighted by Crippen LogP contribution is 2.26. The summed E-state index contributed by atoms with van der Waals surface area (Å²) >= 11 is 0. The lowest BCUT2D eigenvalue weighted by Crippen LogP contribution is -2.10. The van der Waals surface area contributed by atoms with Gasteiger partial charge in [-0.15, -0.1) is 0 Å². The maximum absolute atomic E-state index is 6.29. The van der Waals surface area contributed by atoms with Gasteiger partial charge in [-0.2, -0.15) is 0 Å². The monoisotopic (exact) mass is 279 g/mol. The molecule has 108 valence electrons. The summed E-state index contributed by atoms with van der Waals surface area (Å²) in [5.74, 6) is 0.878. The molecule has 21 heavy (non-hydrogen) atoms. The Hall–Kier alpha value is -2.06. The Morgan fingerprint density at radius 1 is 1.00 bits per heavy atom. The summed E-state index contributed by atoms with van der Waals surface area (Å²) in [6, 6.07) is 16.8. The Balaban J connectivity index is 1.73. The average Bonchev–Trinajstić information content (AvgIpc) is 2.88. The van der Waals surface area contributed by atoms with Crippen LogP contribution in [0.15, 0.2) is 52.9 Å². The van der Waals surface area contributed by atoms with Gasteiger partial charge < -0.3 is 10.2 Å². The molecule has 1 atom stereocenters. The Kier molecular flexibility index (Phi) is 3.80. The third-order valence-electron chi connectivity index (χ3n) is 3.88. The van der Waals surface area contributed by atoms with E-state index in [1.807, 2.05) is 6.07 Å². The largest absolute Gasteiger partial charge is 0.459 e. The van der Waals surface area contributed by atoms with Crippen LogP contribution in [0.1, 0.15) is 34.9 Å². The molecule has 0 saturated heterocycles. The summed E-state index contributed by atoms with van der Waals surface area (Å²) in [7, 11) is 0. The van der Waals surface area contributed by atoms with Crippen LogP contribution in [0.4, 0.5) is 0 Å². The Bertz CT molecular complexity index is 757. The maximum atomic E-state index is 6.29. The van der Waals surface area contributed by atoms with Gasteiger partial charge in [-0.05, 0) is 50.5 Å². The van der Waals surface area contributed by atoms with Crippen molar-refractivity contribution < 1.29 is 4.42 Å². The summed E-state index contributed by atoms with van der Waals surface area (Å²) in [6.07, 6.45) is 1.86. The smallest absolute Gasteiger partial charge is 0.134 e. The molecule has 0 radical (unpaired) electrons. The van der Waals surface area contributed by atoms with Gasteiger partial charge in [0.05, 0.1) is 6.04 Å².